The van der Waals surface area contributed by atoms with Crippen molar-refractivity contribution in [1.29, 1.82) is 0 Å². The second-order valence-electron chi connectivity index (χ2n) is 4.93. The van der Waals surface area contributed by atoms with Crippen LogP contribution in [0.3, 0.4) is 0 Å². The molecule has 1 aliphatic rings. The molecule has 0 radical (unpaired) electrons. The van der Waals surface area contributed by atoms with E-state index >= 15 is 0 Å². The highest BCUT2D eigenvalue weighted by molar-refractivity contribution is 7.92. The fraction of sp³-hybridized carbons (Fsp3) is 0.917. The number of sulfone groups is 1. The van der Waals surface area contributed by atoms with Gasteiger partial charge in [0.05, 0.1) is 0 Å². The molecule has 0 spiro atoms. The van der Waals surface area contributed by atoms with E-state index in [9.17, 15) is 13.2 Å². The molecular weight excluding hydrogens is 224 g/mol. The van der Waals surface area contributed by atoms with Crippen molar-refractivity contribution < 1.29 is 13.2 Å². The van der Waals surface area contributed by atoms with E-state index < -0.39 is 15.1 Å². The van der Waals surface area contributed by atoms with Gasteiger partial charge in [0.2, 0.25) is 0 Å². The summed E-state index contributed by atoms with van der Waals surface area (Å²) in [5.41, 5.74) is 0. The van der Waals surface area contributed by atoms with Gasteiger partial charge in [-0.1, -0.05) is 26.2 Å². The van der Waals surface area contributed by atoms with Crippen molar-refractivity contribution in [3.63, 3.8) is 0 Å². The Morgan fingerprint density at radius 2 is 1.88 bits per heavy atom. The first kappa shape index (κ1) is 13.7. The van der Waals surface area contributed by atoms with Crippen LogP contribution in [0.15, 0.2) is 0 Å². The molecule has 3 unspecified atom stereocenters. The van der Waals surface area contributed by atoms with Gasteiger partial charge in [0.1, 0.15) is 5.25 Å². The molecule has 3 nitrogen and oxygen atoms in total. The van der Waals surface area contributed by atoms with Crippen molar-refractivity contribution in [2.75, 3.05) is 6.26 Å². The van der Waals surface area contributed by atoms with Crippen molar-refractivity contribution in [2.45, 2.75) is 51.2 Å². The summed E-state index contributed by atoms with van der Waals surface area (Å²) in [7, 11) is -3.23. The van der Waals surface area contributed by atoms with E-state index in [4.69, 9.17) is 0 Å². The van der Waals surface area contributed by atoms with Crippen molar-refractivity contribution in [2.24, 2.45) is 11.8 Å². The fourth-order valence-electron chi connectivity index (χ4n) is 2.58. The molecule has 0 aromatic heterocycles. The van der Waals surface area contributed by atoms with Gasteiger partial charge in [-0.25, -0.2) is 8.42 Å². The predicted molar refractivity (Wildman–Crippen MR) is 65.1 cm³/mol. The maximum Gasteiger partial charge on any atom is 0.157 e. The maximum atomic E-state index is 12.1. The van der Waals surface area contributed by atoms with Crippen molar-refractivity contribution in [1.82, 2.24) is 0 Å². The summed E-state index contributed by atoms with van der Waals surface area (Å²) in [5, 5.41) is -0.829. The molecular formula is C12H22O3S. The molecule has 0 heterocycles. The van der Waals surface area contributed by atoms with E-state index in [1.807, 2.05) is 0 Å². The van der Waals surface area contributed by atoms with E-state index in [1.165, 1.54) is 13.3 Å². The lowest BCUT2D eigenvalue weighted by Crippen LogP contribution is -2.37. The van der Waals surface area contributed by atoms with Gasteiger partial charge in [0.25, 0.3) is 0 Å². The zero-order valence-corrected chi connectivity index (χ0v) is 11.2. The molecule has 16 heavy (non-hydrogen) atoms. The topological polar surface area (TPSA) is 51.2 Å². The normalized spacial score (nSPS) is 28.7. The average Bonchev–Trinajstić information content (AvgIpc) is 2.25. The quantitative estimate of drug-likeness (QED) is 0.764. The SMILES string of the molecule is CCC1CCCCC1C(=O)C(C)S(C)(=O)=O. The van der Waals surface area contributed by atoms with Gasteiger partial charge in [0.15, 0.2) is 15.6 Å². The number of hydrogen-bond donors (Lipinski definition) is 0. The first-order chi connectivity index (χ1) is 7.38. The Hall–Kier alpha value is -0.380. The molecule has 3 atom stereocenters. The van der Waals surface area contributed by atoms with Crippen molar-refractivity contribution in [3.8, 4) is 0 Å². The van der Waals surface area contributed by atoms with Crippen molar-refractivity contribution >= 4 is 15.6 Å². The molecule has 0 amide bonds. The molecule has 0 aromatic rings. The Balaban J connectivity index is 2.79. The summed E-state index contributed by atoms with van der Waals surface area (Å²) in [4.78, 5) is 12.1. The monoisotopic (exact) mass is 246 g/mol. The third-order valence-electron chi connectivity index (χ3n) is 3.84. The van der Waals surface area contributed by atoms with Gasteiger partial charge in [-0.15, -0.1) is 0 Å². The first-order valence-electron chi connectivity index (χ1n) is 6.10. The highest BCUT2D eigenvalue weighted by Gasteiger charge is 2.35. The fourth-order valence-corrected chi connectivity index (χ4v) is 3.18. The minimum absolute atomic E-state index is 0.0246. The highest BCUT2D eigenvalue weighted by Crippen LogP contribution is 2.34. The maximum absolute atomic E-state index is 12.1. The molecule has 0 bridgehead atoms. The Kier molecular flexibility index (Phi) is 4.53. The van der Waals surface area contributed by atoms with Crippen molar-refractivity contribution in [3.05, 3.63) is 0 Å². The van der Waals surface area contributed by atoms with E-state index in [1.54, 1.807) is 0 Å². The lowest BCUT2D eigenvalue weighted by Gasteiger charge is -2.31. The van der Waals surface area contributed by atoms with Crippen LogP contribution in [0.4, 0.5) is 0 Å². The Morgan fingerprint density at radius 1 is 1.31 bits per heavy atom. The number of hydrogen-bond acceptors (Lipinski definition) is 3. The van der Waals surface area contributed by atoms with E-state index in [0.29, 0.717) is 5.92 Å². The van der Waals surface area contributed by atoms with E-state index in [2.05, 4.69) is 6.92 Å². The lowest BCUT2D eigenvalue weighted by molar-refractivity contribution is -0.124. The van der Waals surface area contributed by atoms with Gasteiger partial charge in [-0.3, -0.25) is 4.79 Å². The van der Waals surface area contributed by atoms with Crippen LogP contribution in [0.5, 0.6) is 0 Å². The summed E-state index contributed by atoms with van der Waals surface area (Å²) in [6, 6.07) is 0. The number of ketones is 1. The minimum atomic E-state index is -3.23. The molecule has 1 saturated carbocycles. The molecule has 0 aromatic carbocycles. The van der Waals surface area contributed by atoms with Crippen LogP contribution >= 0.6 is 0 Å². The highest BCUT2D eigenvalue weighted by atomic mass is 32.2. The van der Waals surface area contributed by atoms with Gasteiger partial charge in [0, 0.05) is 12.2 Å². The standard InChI is InChI=1S/C12H22O3S/c1-4-10-7-5-6-8-11(10)12(13)9(2)16(3,14)15/h9-11H,4-8H2,1-3H3. The number of rotatable bonds is 4. The molecule has 0 N–H and O–H groups in total. The van der Waals surface area contributed by atoms with Crippen LogP contribution in [0.2, 0.25) is 0 Å². The summed E-state index contributed by atoms with van der Waals surface area (Å²) < 4.78 is 22.8. The summed E-state index contributed by atoms with van der Waals surface area (Å²) in [5.74, 6) is 0.308. The summed E-state index contributed by atoms with van der Waals surface area (Å²) >= 11 is 0. The second kappa shape index (κ2) is 5.30. The van der Waals surface area contributed by atoms with Gasteiger partial charge < -0.3 is 0 Å². The van der Waals surface area contributed by atoms with Gasteiger partial charge >= 0.3 is 0 Å². The van der Waals surface area contributed by atoms with E-state index in [0.717, 1.165) is 31.9 Å². The zero-order chi connectivity index (χ0) is 12.3. The minimum Gasteiger partial charge on any atom is -0.298 e. The van der Waals surface area contributed by atoms with Gasteiger partial charge in [-0.2, -0.15) is 0 Å². The number of carbonyl (C=O) groups is 1. The predicted octanol–water partition coefficient (Wildman–Crippen LogP) is 2.21. The largest absolute Gasteiger partial charge is 0.298 e. The smallest absolute Gasteiger partial charge is 0.157 e. The Morgan fingerprint density at radius 3 is 2.38 bits per heavy atom. The van der Waals surface area contributed by atoms with Crippen LogP contribution < -0.4 is 0 Å². The first-order valence-corrected chi connectivity index (χ1v) is 8.06. The summed E-state index contributed by atoms with van der Waals surface area (Å²) in [6.45, 7) is 3.61. The Bertz CT molecular complexity index is 345. The Labute approximate surface area is 98.5 Å². The van der Waals surface area contributed by atoms with Crippen LogP contribution in [0.1, 0.15) is 46.0 Å². The second-order valence-corrected chi connectivity index (χ2v) is 7.30. The van der Waals surface area contributed by atoms with Crippen LogP contribution in [-0.4, -0.2) is 25.7 Å². The zero-order valence-electron chi connectivity index (χ0n) is 10.4. The molecule has 94 valence electrons. The lowest BCUT2D eigenvalue weighted by atomic mass is 9.75. The molecule has 1 fully saturated rings. The summed E-state index contributed by atoms with van der Waals surface area (Å²) in [6.07, 6.45) is 6.31. The van der Waals surface area contributed by atoms with Crippen LogP contribution in [0.25, 0.3) is 0 Å². The van der Waals surface area contributed by atoms with E-state index in [-0.39, 0.29) is 11.7 Å². The third-order valence-corrected chi connectivity index (χ3v) is 5.36. The number of Topliss-reactive ketones (excluding diaryl/α,β-unsaturated/α-hetero) is 1. The van der Waals surface area contributed by atoms with Crippen LogP contribution in [-0.2, 0) is 14.6 Å². The molecule has 0 aliphatic heterocycles. The molecule has 1 rings (SSSR count). The average molecular weight is 246 g/mol. The third kappa shape index (κ3) is 3.06. The van der Waals surface area contributed by atoms with Gasteiger partial charge in [-0.05, 0) is 25.7 Å². The molecule has 4 heteroatoms. The van der Waals surface area contributed by atoms with Crippen LogP contribution in [0, 0.1) is 11.8 Å². The molecule has 0 saturated heterocycles. The molecule has 1 aliphatic carbocycles. The number of carbonyl (C=O) groups excluding carboxylic acids is 1.